The van der Waals surface area contributed by atoms with Gasteiger partial charge in [-0.3, -0.25) is 0 Å². The fourth-order valence-electron chi connectivity index (χ4n) is 2.39. The van der Waals surface area contributed by atoms with Gasteiger partial charge in [-0.25, -0.2) is 0 Å². The second-order valence-electron chi connectivity index (χ2n) is 4.87. The summed E-state index contributed by atoms with van der Waals surface area (Å²) < 4.78 is 5.53. The quantitative estimate of drug-likeness (QED) is 0.763. The first-order chi connectivity index (χ1) is 8.36. The van der Waals surface area contributed by atoms with Crippen LogP contribution in [-0.2, 0) is 11.2 Å². The number of rotatable bonds is 6. The van der Waals surface area contributed by atoms with Gasteiger partial charge in [0.15, 0.2) is 0 Å². The Hall–Kier alpha value is -0.860. The summed E-state index contributed by atoms with van der Waals surface area (Å²) in [6.45, 7) is 4.20. The molecule has 1 fully saturated rings. The van der Waals surface area contributed by atoms with Crippen molar-refractivity contribution >= 4 is 0 Å². The molecule has 1 aromatic rings. The Kier molecular flexibility index (Phi) is 5.02. The van der Waals surface area contributed by atoms with Gasteiger partial charge in [0, 0.05) is 12.6 Å². The van der Waals surface area contributed by atoms with Crippen LogP contribution in [0.15, 0.2) is 30.3 Å². The average molecular weight is 233 g/mol. The van der Waals surface area contributed by atoms with E-state index in [4.69, 9.17) is 4.74 Å². The molecule has 94 valence electrons. The van der Waals surface area contributed by atoms with Crippen molar-refractivity contribution in [2.75, 3.05) is 13.2 Å². The lowest BCUT2D eigenvalue weighted by Gasteiger charge is -2.15. The van der Waals surface area contributed by atoms with Crippen molar-refractivity contribution in [1.82, 2.24) is 5.32 Å². The minimum absolute atomic E-state index is 0.393. The topological polar surface area (TPSA) is 21.3 Å². The zero-order valence-electron chi connectivity index (χ0n) is 10.7. The Labute approximate surface area is 104 Å². The molecule has 2 atom stereocenters. The molecule has 0 radical (unpaired) electrons. The molecule has 0 aromatic heterocycles. The van der Waals surface area contributed by atoms with Crippen LogP contribution in [0.1, 0.15) is 31.7 Å². The van der Waals surface area contributed by atoms with Crippen LogP contribution < -0.4 is 5.32 Å². The molecule has 2 unspecified atom stereocenters. The summed E-state index contributed by atoms with van der Waals surface area (Å²) in [4.78, 5) is 0. The van der Waals surface area contributed by atoms with E-state index < -0.39 is 0 Å². The largest absolute Gasteiger partial charge is 0.377 e. The number of hydrogen-bond donors (Lipinski definition) is 1. The minimum Gasteiger partial charge on any atom is -0.377 e. The van der Waals surface area contributed by atoms with Crippen LogP contribution in [0.25, 0.3) is 0 Å². The summed E-state index contributed by atoms with van der Waals surface area (Å²) in [5.74, 6) is 0. The summed E-state index contributed by atoms with van der Waals surface area (Å²) >= 11 is 0. The molecular formula is C15H23NO. The van der Waals surface area contributed by atoms with Crippen molar-refractivity contribution < 1.29 is 4.74 Å². The van der Waals surface area contributed by atoms with Crippen molar-refractivity contribution in [2.45, 2.75) is 44.8 Å². The van der Waals surface area contributed by atoms with E-state index in [1.54, 1.807) is 0 Å². The maximum atomic E-state index is 5.53. The molecule has 1 N–H and O–H groups in total. The first kappa shape index (κ1) is 12.6. The van der Waals surface area contributed by atoms with Gasteiger partial charge in [-0.2, -0.15) is 0 Å². The molecule has 0 aliphatic carbocycles. The van der Waals surface area contributed by atoms with Crippen molar-refractivity contribution in [3.63, 3.8) is 0 Å². The highest BCUT2D eigenvalue weighted by Gasteiger charge is 2.22. The number of hydrogen-bond acceptors (Lipinski definition) is 2. The van der Waals surface area contributed by atoms with E-state index in [0.717, 1.165) is 13.2 Å². The summed E-state index contributed by atoms with van der Waals surface area (Å²) in [6.07, 6.45) is 5.26. The Morgan fingerprint density at radius 2 is 2.06 bits per heavy atom. The minimum atomic E-state index is 0.393. The van der Waals surface area contributed by atoms with Crippen LogP contribution in [0, 0.1) is 0 Å². The number of nitrogens with one attached hydrogen (secondary N) is 1. The van der Waals surface area contributed by atoms with E-state index >= 15 is 0 Å². The monoisotopic (exact) mass is 233 g/mol. The van der Waals surface area contributed by atoms with Gasteiger partial charge in [0.05, 0.1) is 6.10 Å². The molecule has 1 heterocycles. The van der Waals surface area contributed by atoms with Crippen LogP contribution >= 0.6 is 0 Å². The molecule has 1 aliphatic rings. The molecule has 1 aromatic carbocycles. The molecule has 1 saturated heterocycles. The number of unbranched alkanes of at least 4 members (excludes halogenated alkanes) is 1. The average Bonchev–Trinajstić information content (AvgIpc) is 2.76. The molecule has 2 rings (SSSR count). The predicted octanol–water partition coefficient (Wildman–Crippen LogP) is 2.78. The molecule has 2 heteroatoms. The van der Waals surface area contributed by atoms with Crippen LogP contribution in [0.3, 0.4) is 0 Å². The van der Waals surface area contributed by atoms with E-state index in [-0.39, 0.29) is 0 Å². The zero-order chi connectivity index (χ0) is 11.9. The molecule has 0 amide bonds. The maximum Gasteiger partial charge on any atom is 0.0700 e. The predicted molar refractivity (Wildman–Crippen MR) is 71.2 cm³/mol. The third-order valence-corrected chi connectivity index (χ3v) is 3.52. The van der Waals surface area contributed by atoms with Gasteiger partial charge in [-0.05, 0) is 44.7 Å². The highest BCUT2D eigenvalue weighted by molar-refractivity contribution is 5.14. The highest BCUT2D eigenvalue weighted by atomic mass is 16.5. The third-order valence-electron chi connectivity index (χ3n) is 3.52. The van der Waals surface area contributed by atoms with Gasteiger partial charge in [-0.15, -0.1) is 0 Å². The Bertz CT molecular complexity index is 312. The molecule has 17 heavy (non-hydrogen) atoms. The number of ether oxygens (including phenoxy) is 1. The molecule has 0 saturated carbocycles. The Morgan fingerprint density at radius 1 is 1.24 bits per heavy atom. The fraction of sp³-hybridized carbons (Fsp3) is 0.600. The van der Waals surface area contributed by atoms with E-state index in [1.807, 2.05) is 0 Å². The van der Waals surface area contributed by atoms with Crippen LogP contribution in [0.2, 0.25) is 0 Å². The first-order valence-electron chi connectivity index (χ1n) is 6.75. The Morgan fingerprint density at radius 3 is 2.76 bits per heavy atom. The highest BCUT2D eigenvalue weighted by Crippen LogP contribution is 2.12. The number of benzene rings is 1. The van der Waals surface area contributed by atoms with Gasteiger partial charge in [0.2, 0.25) is 0 Å². The lowest BCUT2D eigenvalue weighted by atomic mass is 10.1. The lowest BCUT2D eigenvalue weighted by molar-refractivity contribution is 0.113. The molecule has 1 aliphatic heterocycles. The first-order valence-corrected chi connectivity index (χ1v) is 6.75. The van der Waals surface area contributed by atoms with E-state index in [9.17, 15) is 0 Å². The smallest absolute Gasteiger partial charge is 0.0700 e. The second-order valence-corrected chi connectivity index (χ2v) is 4.87. The SMILES string of the molecule is CC1OCCC1NCCCCc1ccccc1. The molecule has 0 bridgehead atoms. The van der Waals surface area contributed by atoms with Crippen LogP contribution in [-0.4, -0.2) is 25.3 Å². The van der Waals surface area contributed by atoms with Gasteiger partial charge in [0.1, 0.15) is 0 Å². The normalized spacial score (nSPS) is 24.1. The lowest BCUT2D eigenvalue weighted by Crippen LogP contribution is -2.35. The van der Waals surface area contributed by atoms with Gasteiger partial charge in [0.25, 0.3) is 0 Å². The van der Waals surface area contributed by atoms with Crippen molar-refractivity contribution in [2.24, 2.45) is 0 Å². The van der Waals surface area contributed by atoms with Crippen LogP contribution in [0.4, 0.5) is 0 Å². The number of aryl methyl sites for hydroxylation is 1. The summed E-state index contributed by atoms with van der Waals surface area (Å²) in [6, 6.07) is 11.3. The summed E-state index contributed by atoms with van der Waals surface area (Å²) in [5, 5.41) is 3.59. The van der Waals surface area contributed by atoms with Gasteiger partial charge in [-0.1, -0.05) is 30.3 Å². The molecule has 0 spiro atoms. The van der Waals surface area contributed by atoms with Gasteiger partial charge >= 0.3 is 0 Å². The molecular weight excluding hydrogens is 210 g/mol. The van der Waals surface area contributed by atoms with E-state index in [2.05, 4.69) is 42.6 Å². The van der Waals surface area contributed by atoms with Crippen molar-refractivity contribution in [1.29, 1.82) is 0 Å². The van der Waals surface area contributed by atoms with Crippen LogP contribution in [0.5, 0.6) is 0 Å². The molecule has 2 nitrogen and oxygen atoms in total. The Balaban J connectivity index is 1.55. The van der Waals surface area contributed by atoms with E-state index in [0.29, 0.717) is 12.1 Å². The standard InChI is InChI=1S/C15H23NO/c1-13-15(10-12-17-13)16-11-6-5-9-14-7-3-2-4-8-14/h2-4,7-8,13,15-16H,5-6,9-12H2,1H3. The maximum absolute atomic E-state index is 5.53. The third kappa shape index (κ3) is 4.14. The van der Waals surface area contributed by atoms with E-state index in [1.165, 1.54) is 31.2 Å². The van der Waals surface area contributed by atoms with Gasteiger partial charge < -0.3 is 10.1 Å². The zero-order valence-corrected chi connectivity index (χ0v) is 10.7. The van der Waals surface area contributed by atoms with Crippen molar-refractivity contribution in [3.8, 4) is 0 Å². The fourth-order valence-corrected chi connectivity index (χ4v) is 2.39. The van der Waals surface area contributed by atoms with Crippen molar-refractivity contribution in [3.05, 3.63) is 35.9 Å². The summed E-state index contributed by atoms with van der Waals surface area (Å²) in [5.41, 5.74) is 1.45. The second kappa shape index (κ2) is 6.77. The summed E-state index contributed by atoms with van der Waals surface area (Å²) in [7, 11) is 0.